The molecule has 1 fully saturated rings. The molecule has 3 rings (SSSR count). The lowest BCUT2D eigenvalue weighted by Crippen LogP contribution is -2.19. The third-order valence-corrected chi connectivity index (χ3v) is 4.13. The number of anilines is 1. The predicted octanol–water partition coefficient (Wildman–Crippen LogP) is 2.05. The number of nitrogens with one attached hydrogen (secondary N) is 1. The Bertz CT molecular complexity index is 510. The maximum atomic E-state index is 4.33. The molecule has 90 valence electrons. The van der Waals surface area contributed by atoms with Crippen LogP contribution in [0.3, 0.4) is 0 Å². The van der Waals surface area contributed by atoms with Crippen molar-refractivity contribution in [3.63, 3.8) is 0 Å². The van der Waals surface area contributed by atoms with E-state index in [0.717, 1.165) is 28.5 Å². The second kappa shape index (κ2) is 4.58. The number of hydrogen-bond acceptors (Lipinski definition) is 5. The zero-order valence-corrected chi connectivity index (χ0v) is 10.7. The molecule has 0 aliphatic carbocycles. The fraction of sp³-hybridized carbons (Fsp3) is 0.500. The van der Waals surface area contributed by atoms with Crippen LogP contribution in [0.4, 0.5) is 5.82 Å². The summed E-state index contributed by atoms with van der Waals surface area (Å²) in [5, 5.41) is 6.67. The number of aromatic nitrogens is 2. The van der Waals surface area contributed by atoms with Gasteiger partial charge in [-0.3, -0.25) is 0 Å². The Morgan fingerprint density at radius 3 is 3.29 bits per heavy atom. The van der Waals surface area contributed by atoms with Gasteiger partial charge in [-0.05, 0) is 37.4 Å². The van der Waals surface area contributed by atoms with Gasteiger partial charge in [-0.15, -0.1) is 11.3 Å². The van der Waals surface area contributed by atoms with Crippen molar-refractivity contribution in [2.24, 2.45) is 5.92 Å². The van der Waals surface area contributed by atoms with Crippen molar-refractivity contribution in [3.8, 4) is 0 Å². The Labute approximate surface area is 105 Å². The summed E-state index contributed by atoms with van der Waals surface area (Å²) in [6, 6.07) is 2.09. The second-order valence-electron chi connectivity index (χ2n) is 4.66. The first kappa shape index (κ1) is 10.9. The maximum absolute atomic E-state index is 4.33. The lowest BCUT2D eigenvalue weighted by atomic mass is 10.1. The summed E-state index contributed by atoms with van der Waals surface area (Å²) in [6.45, 7) is 3.40. The molecule has 1 unspecified atom stereocenters. The minimum atomic E-state index is 0.739. The predicted molar refractivity (Wildman–Crippen MR) is 71.5 cm³/mol. The monoisotopic (exact) mass is 248 g/mol. The average molecular weight is 248 g/mol. The van der Waals surface area contributed by atoms with Crippen molar-refractivity contribution in [3.05, 3.63) is 17.8 Å². The zero-order chi connectivity index (χ0) is 11.7. The Hall–Kier alpha value is -1.20. The molecule has 1 atom stereocenters. The van der Waals surface area contributed by atoms with E-state index in [0.29, 0.717) is 0 Å². The number of fused-ring (bicyclic) bond motifs is 1. The molecule has 2 aromatic rings. The van der Waals surface area contributed by atoms with Gasteiger partial charge in [0.05, 0.1) is 5.39 Å². The fourth-order valence-corrected chi connectivity index (χ4v) is 3.10. The SMILES string of the molecule is CN1CCC(CNc2ncnc3sccc23)C1. The van der Waals surface area contributed by atoms with Gasteiger partial charge in [-0.2, -0.15) is 0 Å². The quantitative estimate of drug-likeness (QED) is 0.902. The van der Waals surface area contributed by atoms with Gasteiger partial charge in [0.15, 0.2) is 0 Å². The number of thiophene rings is 1. The molecule has 5 heteroatoms. The van der Waals surface area contributed by atoms with E-state index < -0.39 is 0 Å². The number of rotatable bonds is 3. The van der Waals surface area contributed by atoms with Crippen molar-refractivity contribution >= 4 is 27.4 Å². The third-order valence-electron chi connectivity index (χ3n) is 3.31. The van der Waals surface area contributed by atoms with Crippen molar-refractivity contribution < 1.29 is 0 Å². The van der Waals surface area contributed by atoms with Crippen LogP contribution in [0.1, 0.15) is 6.42 Å². The topological polar surface area (TPSA) is 41.0 Å². The molecular weight excluding hydrogens is 232 g/mol. The summed E-state index contributed by atoms with van der Waals surface area (Å²) in [7, 11) is 2.18. The number of nitrogens with zero attached hydrogens (tertiary/aromatic N) is 3. The van der Waals surface area contributed by atoms with E-state index in [1.54, 1.807) is 17.7 Å². The first-order valence-corrected chi connectivity index (χ1v) is 6.81. The standard InChI is InChI=1S/C12H16N4S/c1-16-4-2-9(7-16)6-13-11-10-3-5-17-12(10)15-8-14-11/h3,5,8-9H,2,4,6-7H2,1H3,(H,13,14,15). The van der Waals surface area contributed by atoms with Gasteiger partial charge >= 0.3 is 0 Å². The molecule has 3 heterocycles. The molecule has 0 aromatic carbocycles. The van der Waals surface area contributed by atoms with Crippen LogP contribution in [0.5, 0.6) is 0 Å². The Morgan fingerprint density at radius 1 is 1.53 bits per heavy atom. The van der Waals surface area contributed by atoms with E-state index in [2.05, 4.69) is 38.7 Å². The highest BCUT2D eigenvalue weighted by Gasteiger charge is 2.19. The highest BCUT2D eigenvalue weighted by molar-refractivity contribution is 7.16. The van der Waals surface area contributed by atoms with Crippen LogP contribution < -0.4 is 5.32 Å². The summed E-state index contributed by atoms with van der Waals surface area (Å²) in [5.41, 5.74) is 0. The second-order valence-corrected chi connectivity index (χ2v) is 5.55. The van der Waals surface area contributed by atoms with Gasteiger partial charge in [-0.25, -0.2) is 9.97 Å². The molecule has 17 heavy (non-hydrogen) atoms. The maximum Gasteiger partial charge on any atom is 0.138 e. The molecule has 0 saturated carbocycles. The summed E-state index contributed by atoms with van der Waals surface area (Å²) in [5.74, 6) is 1.72. The van der Waals surface area contributed by atoms with Crippen LogP contribution in [0, 0.1) is 5.92 Å². The van der Waals surface area contributed by atoms with Crippen LogP contribution in [0.25, 0.3) is 10.2 Å². The summed E-state index contributed by atoms with van der Waals surface area (Å²) in [4.78, 5) is 12.0. The van der Waals surface area contributed by atoms with E-state index in [1.165, 1.54) is 19.5 Å². The molecule has 1 aliphatic rings. The highest BCUT2D eigenvalue weighted by atomic mass is 32.1. The minimum absolute atomic E-state index is 0.739. The fourth-order valence-electron chi connectivity index (χ4n) is 2.36. The molecule has 0 amide bonds. The molecule has 0 radical (unpaired) electrons. The van der Waals surface area contributed by atoms with E-state index in [-0.39, 0.29) is 0 Å². The smallest absolute Gasteiger partial charge is 0.138 e. The third kappa shape index (κ3) is 2.25. The Balaban J connectivity index is 1.70. The van der Waals surface area contributed by atoms with E-state index in [4.69, 9.17) is 0 Å². The first-order chi connectivity index (χ1) is 8.33. The van der Waals surface area contributed by atoms with Crippen LogP contribution in [-0.4, -0.2) is 41.5 Å². The van der Waals surface area contributed by atoms with Crippen molar-refractivity contribution in [1.82, 2.24) is 14.9 Å². The molecule has 0 bridgehead atoms. The average Bonchev–Trinajstić information content (AvgIpc) is 2.94. The minimum Gasteiger partial charge on any atom is -0.369 e. The number of likely N-dealkylation sites (tertiary alicyclic amines) is 1. The normalized spacial score (nSPS) is 21.1. The molecule has 2 aromatic heterocycles. The van der Waals surface area contributed by atoms with Gasteiger partial charge in [0, 0.05) is 13.1 Å². The molecule has 0 spiro atoms. The van der Waals surface area contributed by atoms with Crippen LogP contribution >= 0.6 is 11.3 Å². The molecule has 1 N–H and O–H groups in total. The van der Waals surface area contributed by atoms with Crippen LogP contribution in [0.2, 0.25) is 0 Å². The van der Waals surface area contributed by atoms with E-state index in [9.17, 15) is 0 Å². The number of hydrogen-bond donors (Lipinski definition) is 1. The summed E-state index contributed by atoms with van der Waals surface area (Å²) >= 11 is 1.66. The molecule has 4 nitrogen and oxygen atoms in total. The van der Waals surface area contributed by atoms with Gasteiger partial charge in [0.1, 0.15) is 17.0 Å². The van der Waals surface area contributed by atoms with Crippen molar-refractivity contribution in [1.29, 1.82) is 0 Å². The Kier molecular flexibility index (Phi) is 2.94. The van der Waals surface area contributed by atoms with Crippen LogP contribution in [0.15, 0.2) is 17.8 Å². The van der Waals surface area contributed by atoms with Gasteiger partial charge in [0.2, 0.25) is 0 Å². The van der Waals surface area contributed by atoms with Crippen LogP contribution in [-0.2, 0) is 0 Å². The lowest BCUT2D eigenvalue weighted by Gasteiger charge is -2.12. The molecular formula is C12H16N4S. The zero-order valence-electron chi connectivity index (χ0n) is 9.89. The van der Waals surface area contributed by atoms with Gasteiger partial charge in [0.25, 0.3) is 0 Å². The van der Waals surface area contributed by atoms with Crippen molar-refractivity contribution in [2.75, 3.05) is 32.0 Å². The lowest BCUT2D eigenvalue weighted by molar-refractivity contribution is 0.399. The van der Waals surface area contributed by atoms with Crippen molar-refractivity contribution in [2.45, 2.75) is 6.42 Å². The summed E-state index contributed by atoms with van der Waals surface area (Å²) < 4.78 is 0. The Morgan fingerprint density at radius 2 is 2.47 bits per heavy atom. The first-order valence-electron chi connectivity index (χ1n) is 5.93. The van der Waals surface area contributed by atoms with Gasteiger partial charge < -0.3 is 10.2 Å². The largest absolute Gasteiger partial charge is 0.369 e. The van der Waals surface area contributed by atoms with E-state index in [1.807, 2.05) is 0 Å². The highest BCUT2D eigenvalue weighted by Crippen LogP contribution is 2.24. The molecule has 1 saturated heterocycles. The van der Waals surface area contributed by atoms with E-state index >= 15 is 0 Å². The molecule has 1 aliphatic heterocycles. The van der Waals surface area contributed by atoms with Gasteiger partial charge in [-0.1, -0.05) is 0 Å². The summed E-state index contributed by atoms with van der Waals surface area (Å²) in [6.07, 6.45) is 2.92.